The van der Waals surface area contributed by atoms with Gasteiger partial charge in [-0.1, -0.05) is 45.9 Å². The van der Waals surface area contributed by atoms with Gasteiger partial charge >= 0.3 is 0 Å². The maximum Gasteiger partial charge on any atom is 0.254 e. The third-order valence-electron chi connectivity index (χ3n) is 3.04. The number of carbonyl (C=O) groups is 2. The molecule has 1 unspecified atom stereocenters. The fourth-order valence-corrected chi connectivity index (χ4v) is 2.39. The summed E-state index contributed by atoms with van der Waals surface area (Å²) in [6, 6.07) is 8.28. The zero-order valence-electron chi connectivity index (χ0n) is 14.8. The standard InChI is InChI=1S/C13H17NO.C2H6.CH6N2.CH3NO/c1-3-9-14-12(4-2)10-7-5-6-8-11(10)13(14)15;1-2;2*2-1-3/h5-8,12H,3-4,9H2,1-2H3;1-2H3;1-3H2;1H,(H2,2,3). The van der Waals surface area contributed by atoms with Crippen LogP contribution in [0.15, 0.2) is 24.3 Å². The van der Waals surface area contributed by atoms with Gasteiger partial charge in [-0.25, -0.2) is 0 Å². The van der Waals surface area contributed by atoms with E-state index >= 15 is 0 Å². The lowest BCUT2D eigenvalue weighted by atomic mass is 10.0. The number of fused-ring (bicyclic) bond motifs is 1. The molecule has 0 saturated heterocycles. The lowest BCUT2D eigenvalue weighted by Crippen LogP contribution is -2.28. The van der Waals surface area contributed by atoms with Crippen LogP contribution in [-0.2, 0) is 4.79 Å². The molecular formula is C17H32N4O2. The summed E-state index contributed by atoms with van der Waals surface area (Å²) < 4.78 is 0. The van der Waals surface area contributed by atoms with Gasteiger partial charge in [-0.05, 0) is 24.5 Å². The van der Waals surface area contributed by atoms with Crippen LogP contribution in [0, 0.1) is 0 Å². The molecule has 1 aromatic rings. The van der Waals surface area contributed by atoms with E-state index in [4.69, 9.17) is 4.79 Å². The molecule has 2 amide bonds. The predicted molar refractivity (Wildman–Crippen MR) is 95.6 cm³/mol. The fourth-order valence-electron chi connectivity index (χ4n) is 2.39. The smallest absolute Gasteiger partial charge is 0.254 e. The molecule has 1 aliphatic heterocycles. The summed E-state index contributed by atoms with van der Waals surface area (Å²) in [5.74, 6) is 0.208. The molecule has 0 radical (unpaired) electrons. The number of amides is 2. The Labute approximate surface area is 140 Å². The quantitative estimate of drug-likeness (QED) is 0.582. The summed E-state index contributed by atoms with van der Waals surface area (Å²) in [5, 5.41) is 0. The number of nitrogens with zero attached hydrogens (tertiary/aromatic N) is 1. The molecule has 0 aliphatic carbocycles. The van der Waals surface area contributed by atoms with Crippen LogP contribution in [0.25, 0.3) is 0 Å². The van der Waals surface area contributed by atoms with Gasteiger partial charge in [0.2, 0.25) is 6.41 Å². The first kappa shape index (κ1) is 23.3. The molecule has 6 heteroatoms. The predicted octanol–water partition coefficient (Wildman–Crippen LogP) is 1.99. The minimum absolute atomic E-state index is 0.208. The minimum Gasteiger partial charge on any atom is -0.372 e. The summed E-state index contributed by atoms with van der Waals surface area (Å²) >= 11 is 0. The third-order valence-corrected chi connectivity index (χ3v) is 3.04. The molecule has 2 rings (SSSR count). The van der Waals surface area contributed by atoms with Crippen molar-refractivity contribution in [2.45, 2.75) is 46.6 Å². The van der Waals surface area contributed by atoms with Crippen LogP contribution in [0.5, 0.6) is 0 Å². The summed E-state index contributed by atoms with van der Waals surface area (Å²) in [4.78, 5) is 22.7. The number of hydrogen-bond donors (Lipinski definition) is 3. The molecule has 1 aromatic carbocycles. The van der Waals surface area contributed by atoms with Crippen molar-refractivity contribution in [1.29, 1.82) is 0 Å². The zero-order valence-corrected chi connectivity index (χ0v) is 14.8. The van der Waals surface area contributed by atoms with Crippen molar-refractivity contribution in [1.82, 2.24) is 4.90 Å². The number of benzene rings is 1. The summed E-state index contributed by atoms with van der Waals surface area (Å²) in [7, 11) is 0. The Morgan fingerprint density at radius 3 is 2.09 bits per heavy atom. The first-order valence-corrected chi connectivity index (χ1v) is 8.08. The highest BCUT2D eigenvalue weighted by Gasteiger charge is 2.34. The lowest BCUT2D eigenvalue weighted by molar-refractivity contribution is -0.106. The van der Waals surface area contributed by atoms with E-state index in [1.807, 2.05) is 36.9 Å². The Bertz CT molecular complexity index is 438. The van der Waals surface area contributed by atoms with Gasteiger partial charge in [0, 0.05) is 18.8 Å². The number of primary amides is 1. The topological polar surface area (TPSA) is 115 Å². The molecule has 1 aliphatic rings. The maximum absolute atomic E-state index is 12.1. The summed E-state index contributed by atoms with van der Waals surface area (Å²) in [6.07, 6.45) is 2.28. The first-order valence-electron chi connectivity index (χ1n) is 8.08. The highest BCUT2D eigenvalue weighted by atomic mass is 16.2. The van der Waals surface area contributed by atoms with E-state index in [9.17, 15) is 4.79 Å². The van der Waals surface area contributed by atoms with Gasteiger partial charge in [0.05, 0.1) is 6.04 Å². The van der Waals surface area contributed by atoms with Crippen LogP contribution in [0.4, 0.5) is 0 Å². The van der Waals surface area contributed by atoms with Gasteiger partial charge in [0.1, 0.15) is 0 Å². The molecule has 132 valence electrons. The molecule has 23 heavy (non-hydrogen) atoms. The Balaban J connectivity index is 0. The monoisotopic (exact) mass is 324 g/mol. The number of carbonyl (C=O) groups excluding carboxylic acids is 2. The molecular weight excluding hydrogens is 292 g/mol. The van der Waals surface area contributed by atoms with E-state index in [0.29, 0.717) is 6.04 Å². The van der Waals surface area contributed by atoms with Crippen molar-refractivity contribution < 1.29 is 9.59 Å². The zero-order chi connectivity index (χ0) is 18.3. The van der Waals surface area contributed by atoms with E-state index in [-0.39, 0.29) is 19.0 Å². The molecule has 0 aromatic heterocycles. The lowest BCUT2D eigenvalue weighted by Gasteiger charge is -2.23. The SMILES string of the molecule is CC.CCCN1C(=O)c2ccccc2C1CC.NC=O.NCN. The summed E-state index contributed by atoms with van der Waals surface area (Å²) in [6.45, 7) is 9.37. The van der Waals surface area contributed by atoms with Crippen molar-refractivity contribution in [3.63, 3.8) is 0 Å². The number of nitrogens with two attached hydrogens (primary N) is 3. The Hall–Kier alpha value is -1.92. The van der Waals surface area contributed by atoms with Gasteiger partial charge in [-0.3, -0.25) is 9.59 Å². The van der Waals surface area contributed by atoms with Crippen molar-refractivity contribution >= 4 is 12.3 Å². The van der Waals surface area contributed by atoms with E-state index in [1.54, 1.807) is 0 Å². The van der Waals surface area contributed by atoms with E-state index in [0.717, 1.165) is 24.9 Å². The third kappa shape index (κ3) is 7.25. The van der Waals surface area contributed by atoms with Crippen LogP contribution < -0.4 is 17.2 Å². The van der Waals surface area contributed by atoms with Crippen LogP contribution in [-0.4, -0.2) is 30.4 Å². The van der Waals surface area contributed by atoms with E-state index in [1.165, 1.54) is 5.56 Å². The van der Waals surface area contributed by atoms with Crippen LogP contribution in [0.2, 0.25) is 0 Å². The van der Waals surface area contributed by atoms with Gasteiger partial charge in [0.15, 0.2) is 0 Å². The van der Waals surface area contributed by atoms with Crippen molar-refractivity contribution in [2.75, 3.05) is 13.2 Å². The molecule has 6 N–H and O–H groups in total. The van der Waals surface area contributed by atoms with Gasteiger partial charge in [-0.15, -0.1) is 0 Å². The van der Waals surface area contributed by atoms with E-state index < -0.39 is 0 Å². The molecule has 0 bridgehead atoms. The molecule has 1 atom stereocenters. The average Bonchev–Trinajstić information content (AvgIpc) is 2.84. The average molecular weight is 324 g/mol. The Morgan fingerprint density at radius 1 is 1.17 bits per heavy atom. The largest absolute Gasteiger partial charge is 0.372 e. The van der Waals surface area contributed by atoms with Crippen LogP contribution in [0.1, 0.15) is 62.5 Å². The number of hydrogen-bond acceptors (Lipinski definition) is 4. The molecule has 0 saturated carbocycles. The maximum atomic E-state index is 12.1. The number of rotatable bonds is 3. The van der Waals surface area contributed by atoms with E-state index in [2.05, 4.69) is 37.1 Å². The summed E-state index contributed by atoms with van der Waals surface area (Å²) in [5.41, 5.74) is 15.5. The highest BCUT2D eigenvalue weighted by Crippen LogP contribution is 2.35. The fraction of sp³-hybridized carbons (Fsp3) is 0.529. The second kappa shape index (κ2) is 15.0. The minimum atomic E-state index is 0.208. The van der Waals surface area contributed by atoms with Gasteiger partial charge in [-0.2, -0.15) is 0 Å². The second-order valence-electron chi connectivity index (χ2n) is 4.38. The van der Waals surface area contributed by atoms with Crippen molar-refractivity contribution in [3.8, 4) is 0 Å². The second-order valence-corrected chi connectivity index (χ2v) is 4.38. The highest BCUT2D eigenvalue weighted by molar-refractivity contribution is 5.99. The molecule has 6 nitrogen and oxygen atoms in total. The van der Waals surface area contributed by atoms with Gasteiger partial charge in [0.25, 0.3) is 5.91 Å². The first-order chi connectivity index (χ1) is 11.1. The molecule has 0 spiro atoms. The van der Waals surface area contributed by atoms with Crippen LogP contribution >= 0.6 is 0 Å². The van der Waals surface area contributed by atoms with Crippen molar-refractivity contribution in [3.05, 3.63) is 35.4 Å². The van der Waals surface area contributed by atoms with Crippen molar-refractivity contribution in [2.24, 2.45) is 17.2 Å². The van der Waals surface area contributed by atoms with Crippen LogP contribution in [0.3, 0.4) is 0 Å². The Morgan fingerprint density at radius 2 is 1.65 bits per heavy atom. The molecule has 0 fully saturated rings. The normalized spacial score (nSPS) is 14.3. The Kier molecular flexibility index (Phi) is 15.2. The van der Waals surface area contributed by atoms with Gasteiger partial charge < -0.3 is 22.1 Å². The molecule has 1 heterocycles.